The number of fused-ring (bicyclic) bond motifs is 5. The number of hydrogen-bond donors (Lipinski definition) is 8. The minimum Gasteiger partial charge on any atom is -0.480 e. The summed E-state index contributed by atoms with van der Waals surface area (Å²) in [5.74, 6) is -8.92. The highest BCUT2D eigenvalue weighted by Gasteiger charge is 2.46. The Labute approximate surface area is 449 Å². The van der Waals surface area contributed by atoms with Crippen molar-refractivity contribution in [3.63, 3.8) is 0 Å². The van der Waals surface area contributed by atoms with Crippen LogP contribution in [0.4, 0.5) is 4.39 Å². The smallest absolute Gasteiger partial charge is 0.343 e. The molecule has 4 aromatic rings. The Morgan fingerprint density at radius 3 is 2.25 bits per heavy atom. The zero-order valence-corrected chi connectivity index (χ0v) is 43.4. The number of amides is 8. The van der Waals surface area contributed by atoms with Gasteiger partial charge in [-0.15, -0.1) is 0 Å². The number of ether oxygens (including phenoxy) is 2. The number of esters is 1. The van der Waals surface area contributed by atoms with Gasteiger partial charge in [0.2, 0.25) is 29.5 Å². The van der Waals surface area contributed by atoms with Crippen molar-refractivity contribution in [2.24, 2.45) is 0 Å². The fourth-order valence-corrected chi connectivity index (χ4v) is 10.2. The molecule has 26 heteroatoms. The molecule has 3 aliphatic heterocycles. The lowest BCUT2D eigenvalue weighted by Gasteiger charge is -2.36. The quantitative estimate of drug-likeness (QED) is 0.0222. The lowest BCUT2D eigenvalue weighted by Crippen LogP contribution is -2.56. The van der Waals surface area contributed by atoms with Gasteiger partial charge in [0.1, 0.15) is 37.3 Å². The summed E-state index contributed by atoms with van der Waals surface area (Å²) < 4.78 is 28.0. The number of rotatable bonds is 22. The molecule has 8 N–H and O–H groups in total. The number of halogens is 1. The van der Waals surface area contributed by atoms with Crippen LogP contribution in [0.15, 0.2) is 59.4 Å². The standard InChI is InChI=1S/C53H57FN10O15/c1-5-53(77)32-16-37-47-30(23-63(37)51(75)31(32)24-78-52(53)76)46-36(12-11-29-26(2)33(54)17-34(61-47)45(29)46)62(4)50(74)27(3)79-25-59-40(66)20-57-48(72)35(15-28-9-7-6-8-10-28)60-41(67)21-56-39(65)19-58-49(73)38(18-55-22-44(70)71)64-42(68)13-14-43(64)69/h6-10,13-14,16-17,27,35-36,38,55,77H,5,11-12,15,18-25H2,1-4H3,(H,56,65)(H,57,72)(H,58,73)(H,59,66)(H,60,67)(H,70,71)/t27-,35+,36+,38-,53+/m1/s1. The molecule has 2 aromatic carbocycles. The highest BCUT2D eigenvalue weighted by Crippen LogP contribution is 2.47. The number of carboxylic acids is 1. The van der Waals surface area contributed by atoms with Crippen molar-refractivity contribution in [2.75, 3.05) is 46.5 Å². The lowest BCUT2D eigenvalue weighted by molar-refractivity contribution is -0.172. The molecule has 8 amide bonds. The van der Waals surface area contributed by atoms with E-state index >= 15 is 4.39 Å². The predicted octanol–water partition coefficient (Wildman–Crippen LogP) is -1.50. The van der Waals surface area contributed by atoms with Gasteiger partial charge in [-0.2, -0.15) is 0 Å². The second kappa shape index (κ2) is 23.5. The first kappa shape index (κ1) is 56.5. The molecule has 416 valence electrons. The molecule has 4 aliphatic rings. The number of pyridine rings is 2. The first-order valence-electron chi connectivity index (χ1n) is 25.2. The minimum atomic E-state index is -2.07. The molecule has 0 bridgehead atoms. The summed E-state index contributed by atoms with van der Waals surface area (Å²) in [6, 6.07) is 8.05. The molecule has 0 spiro atoms. The van der Waals surface area contributed by atoms with Crippen molar-refractivity contribution in [1.29, 1.82) is 0 Å². The van der Waals surface area contributed by atoms with Gasteiger partial charge in [0.25, 0.3) is 23.3 Å². The summed E-state index contributed by atoms with van der Waals surface area (Å²) >= 11 is 0. The van der Waals surface area contributed by atoms with E-state index in [0.717, 1.165) is 12.2 Å². The highest BCUT2D eigenvalue weighted by atomic mass is 19.1. The van der Waals surface area contributed by atoms with Crippen LogP contribution < -0.4 is 37.5 Å². The molecule has 1 aliphatic carbocycles. The van der Waals surface area contributed by atoms with Crippen LogP contribution in [0.2, 0.25) is 0 Å². The van der Waals surface area contributed by atoms with E-state index in [4.69, 9.17) is 19.6 Å². The maximum atomic E-state index is 15.5. The van der Waals surface area contributed by atoms with Crippen LogP contribution in [-0.4, -0.2) is 153 Å². The van der Waals surface area contributed by atoms with Crippen molar-refractivity contribution in [3.05, 3.63) is 110 Å². The van der Waals surface area contributed by atoms with Crippen LogP contribution in [0.25, 0.3) is 22.3 Å². The van der Waals surface area contributed by atoms with Crippen molar-refractivity contribution in [1.82, 2.24) is 51.3 Å². The number of carbonyl (C=O) groups is 10. The number of aryl methyl sites for hydroxylation is 1. The lowest BCUT2D eigenvalue weighted by atomic mass is 9.81. The molecule has 0 radical (unpaired) electrons. The fraction of sp³-hybridized carbons (Fsp3) is 0.396. The van der Waals surface area contributed by atoms with Gasteiger partial charge in [0.15, 0.2) is 5.60 Å². The molecule has 5 heterocycles. The number of cyclic esters (lactones) is 1. The molecule has 0 unspecified atom stereocenters. The number of aliphatic hydroxyl groups is 1. The number of likely N-dealkylation sites (N-methyl/N-ethyl adjacent to an activating group) is 1. The van der Waals surface area contributed by atoms with Crippen LogP contribution >= 0.6 is 0 Å². The Bertz CT molecular complexity index is 3290. The SMILES string of the molecule is CC[C@@]1(O)C(=O)OCc2c1cc1n(c2=O)Cc2c-1nc1cc(F)c(C)c3c1c2[C@@H](N(C)C(=O)[C@@H](C)OCNC(=O)CNC(=O)[C@H](Cc1ccccc1)NC(=O)CNC(=O)CNC(=O)[C@@H](CNCC(=O)O)N1C(=O)C=CC1=O)CC3. The Hall–Kier alpha value is -8.75. The minimum absolute atomic E-state index is 0.0346. The van der Waals surface area contributed by atoms with E-state index in [9.17, 15) is 57.8 Å². The Kier molecular flexibility index (Phi) is 16.8. The average Bonchev–Trinajstić information content (AvgIpc) is 4.19. The zero-order valence-electron chi connectivity index (χ0n) is 43.4. The van der Waals surface area contributed by atoms with E-state index in [0.29, 0.717) is 67.8 Å². The van der Waals surface area contributed by atoms with Gasteiger partial charge < -0.3 is 61.1 Å². The third kappa shape index (κ3) is 11.6. The normalized spacial score (nSPS) is 17.9. The number of nitrogens with one attached hydrogen (secondary N) is 6. The average molecular weight is 1090 g/mol. The van der Waals surface area contributed by atoms with E-state index in [1.165, 1.54) is 22.5 Å². The van der Waals surface area contributed by atoms with Crippen LogP contribution in [0.1, 0.15) is 71.7 Å². The third-order valence-electron chi connectivity index (χ3n) is 14.4. The summed E-state index contributed by atoms with van der Waals surface area (Å²) in [6.07, 6.45) is 1.38. The molecular formula is C53H57FN10O15. The van der Waals surface area contributed by atoms with Crippen molar-refractivity contribution < 1.29 is 72.0 Å². The Morgan fingerprint density at radius 2 is 1.57 bits per heavy atom. The van der Waals surface area contributed by atoms with Crippen LogP contribution in [0.3, 0.4) is 0 Å². The van der Waals surface area contributed by atoms with Crippen LogP contribution in [-0.2, 0) is 89.0 Å². The number of carboxylic acid groups (broad SMARTS) is 1. The third-order valence-corrected chi connectivity index (χ3v) is 14.4. The maximum Gasteiger partial charge on any atom is 0.343 e. The molecule has 8 rings (SSSR count). The molecule has 0 fully saturated rings. The summed E-state index contributed by atoms with van der Waals surface area (Å²) in [4.78, 5) is 149. The van der Waals surface area contributed by atoms with Crippen molar-refractivity contribution in [2.45, 2.75) is 89.4 Å². The number of carbonyl (C=O) groups excluding carboxylic acids is 9. The van der Waals surface area contributed by atoms with E-state index in [1.54, 1.807) is 57.3 Å². The maximum absolute atomic E-state index is 15.5. The first-order chi connectivity index (χ1) is 37.6. The van der Waals surface area contributed by atoms with Gasteiger partial charge >= 0.3 is 11.9 Å². The monoisotopic (exact) mass is 1090 g/mol. The van der Waals surface area contributed by atoms with Gasteiger partial charge in [0.05, 0.1) is 61.2 Å². The largest absolute Gasteiger partial charge is 0.480 e. The molecular weight excluding hydrogens is 1040 g/mol. The van der Waals surface area contributed by atoms with Crippen molar-refractivity contribution in [3.8, 4) is 11.4 Å². The molecule has 25 nitrogen and oxygen atoms in total. The number of imide groups is 1. The van der Waals surface area contributed by atoms with E-state index in [2.05, 4.69) is 31.9 Å². The van der Waals surface area contributed by atoms with Gasteiger partial charge in [-0.05, 0) is 61.4 Å². The summed E-state index contributed by atoms with van der Waals surface area (Å²) in [7, 11) is 1.59. The second-order valence-corrected chi connectivity index (χ2v) is 19.3. The molecule has 79 heavy (non-hydrogen) atoms. The van der Waals surface area contributed by atoms with Gasteiger partial charge in [0, 0.05) is 54.7 Å². The molecule has 0 saturated carbocycles. The Morgan fingerprint density at radius 1 is 0.899 bits per heavy atom. The van der Waals surface area contributed by atoms with E-state index in [1.807, 2.05) is 0 Å². The zero-order chi connectivity index (χ0) is 57.0. The predicted molar refractivity (Wildman–Crippen MR) is 273 cm³/mol. The highest BCUT2D eigenvalue weighted by molar-refractivity contribution is 6.15. The number of aromatic nitrogens is 2. The van der Waals surface area contributed by atoms with Crippen LogP contribution in [0.5, 0.6) is 0 Å². The van der Waals surface area contributed by atoms with Gasteiger partial charge in [-0.25, -0.2) is 14.2 Å². The number of benzene rings is 2. The number of nitrogens with zero attached hydrogens (tertiary/aromatic N) is 4. The van der Waals surface area contributed by atoms with Crippen molar-refractivity contribution >= 4 is 70.1 Å². The summed E-state index contributed by atoms with van der Waals surface area (Å²) in [6.45, 7) is 0.993. The molecule has 2 aromatic heterocycles. The summed E-state index contributed by atoms with van der Waals surface area (Å²) in [5, 5.41) is 35.4. The fourth-order valence-electron chi connectivity index (χ4n) is 10.2. The molecule has 5 atom stereocenters. The first-order valence-corrected chi connectivity index (χ1v) is 25.2. The van der Waals surface area contributed by atoms with Crippen LogP contribution in [0, 0.1) is 12.7 Å². The summed E-state index contributed by atoms with van der Waals surface area (Å²) in [5.41, 5.74) is 1.69. The van der Waals surface area contributed by atoms with Gasteiger partial charge in [-0.3, -0.25) is 52.8 Å². The van der Waals surface area contributed by atoms with E-state index in [-0.39, 0.29) is 37.1 Å². The topological polar surface area (TPSA) is 343 Å². The number of hydrogen-bond acceptors (Lipinski definition) is 16. The Balaban J connectivity index is 0.862. The second-order valence-electron chi connectivity index (χ2n) is 19.3. The number of aliphatic carboxylic acids is 1. The van der Waals surface area contributed by atoms with Gasteiger partial charge in [-0.1, -0.05) is 37.3 Å². The van der Waals surface area contributed by atoms with E-state index < -0.39 is 140 Å². The molecule has 0 saturated heterocycles.